The van der Waals surface area contributed by atoms with Gasteiger partial charge in [0.1, 0.15) is 6.67 Å². The number of halogens is 3. The van der Waals surface area contributed by atoms with Crippen LogP contribution < -0.4 is 10.6 Å². The van der Waals surface area contributed by atoms with E-state index in [0.29, 0.717) is 29.5 Å². The number of amides is 2. The van der Waals surface area contributed by atoms with Crippen LogP contribution in [0.4, 0.5) is 14.5 Å². The quantitative estimate of drug-likeness (QED) is 0.258. The standard InChI is InChI=1S/C30H29ClF2N4O3/c1-30(2,33)29(39)35-16-18-11-24(25(14-32)34-15-18)28(38)36-22-7-8-26-20(12-22)13-27(19-3-5-21(31)6-4-19)37(26)23-9-10-40-17-23/h3-8,11-13,15,23H,9-10,14,16-17H2,1-2H3,(H,35,39)(H,36,38)/t23-/m1/s1. The molecule has 0 radical (unpaired) electrons. The molecule has 1 atom stereocenters. The summed E-state index contributed by atoms with van der Waals surface area (Å²) in [5.74, 6) is -1.34. The van der Waals surface area contributed by atoms with Crippen LogP contribution in [-0.2, 0) is 22.8 Å². The van der Waals surface area contributed by atoms with Crippen molar-refractivity contribution in [1.29, 1.82) is 0 Å². The Bertz CT molecular complexity index is 1560. The number of aromatic nitrogens is 2. The highest BCUT2D eigenvalue weighted by molar-refractivity contribution is 6.30. The molecule has 2 amide bonds. The lowest BCUT2D eigenvalue weighted by molar-refractivity contribution is -0.130. The number of nitrogens with one attached hydrogen (secondary N) is 2. The number of rotatable bonds is 8. The molecule has 1 fully saturated rings. The van der Waals surface area contributed by atoms with Crippen molar-refractivity contribution in [1.82, 2.24) is 14.9 Å². The molecule has 208 valence electrons. The molecule has 1 aliphatic heterocycles. The molecule has 3 heterocycles. The average molecular weight is 567 g/mol. The van der Waals surface area contributed by atoms with Crippen molar-refractivity contribution >= 4 is 40.0 Å². The minimum absolute atomic E-state index is 0.0307. The van der Waals surface area contributed by atoms with E-state index in [9.17, 15) is 18.4 Å². The van der Waals surface area contributed by atoms with Crippen LogP contribution in [0.3, 0.4) is 0 Å². The number of carbonyl (C=O) groups is 2. The van der Waals surface area contributed by atoms with E-state index in [4.69, 9.17) is 16.3 Å². The lowest BCUT2D eigenvalue weighted by Crippen LogP contribution is -2.38. The largest absolute Gasteiger partial charge is 0.379 e. The predicted molar refractivity (Wildman–Crippen MR) is 151 cm³/mol. The summed E-state index contributed by atoms with van der Waals surface area (Å²) >= 11 is 6.12. The smallest absolute Gasteiger partial charge is 0.257 e. The number of benzene rings is 2. The van der Waals surface area contributed by atoms with Crippen LogP contribution in [0.5, 0.6) is 0 Å². The normalized spacial score (nSPS) is 15.4. The average Bonchev–Trinajstić information content (AvgIpc) is 3.59. The van der Waals surface area contributed by atoms with Crippen LogP contribution in [0.1, 0.15) is 47.9 Å². The van der Waals surface area contributed by atoms with Gasteiger partial charge in [-0.1, -0.05) is 23.7 Å². The monoisotopic (exact) mass is 566 g/mol. The fraction of sp³-hybridized carbons (Fsp3) is 0.300. The molecule has 0 unspecified atom stereocenters. The van der Waals surface area contributed by atoms with E-state index in [-0.39, 0.29) is 23.8 Å². The lowest BCUT2D eigenvalue weighted by atomic mass is 10.1. The summed E-state index contributed by atoms with van der Waals surface area (Å²) in [7, 11) is 0. The Morgan fingerprint density at radius 3 is 2.60 bits per heavy atom. The SMILES string of the molecule is CC(C)(F)C(=O)NCc1cnc(CF)c(C(=O)Nc2ccc3c(c2)cc(-c2ccc(Cl)cc2)n3[C@@H]2CCOC2)c1. The van der Waals surface area contributed by atoms with Crippen LogP contribution >= 0.6 is 11.6 Å². The van der Waals surface area contributed by atoms with E-state index in [0.717, 1.165) is 42.4 Å². The molecule has 40 heavy (non-hydrogen) atoms. The number of fused-ring (bicyclic) bond motifs is 1. The van der Waals surface area contributed by atoms with Gasteiger partial charge in [0, 0.05) is 46.7 Å². The maximum Gasteiger partial charge on any atom is 0.257 e. The maximum atomic E-state index is 13.8. The summed E-state index contributed by atoms with van der Waals surface area (Å²) in [5.41, 5.74) is 1.95. The van der Waals surface area contributed by atoms with Gasteiger partial charge in [-0.3, -0.25) is 14.6 Å². The first-order valence-electron chi connectivity index (χ1n) is 12.9. The maximum absolute atomic E-state index is 13.8. The molecule has 2 aromatic heterocycles. The molecule has 4 aromatic rings. The van der Waals surface area contributed by atoms with Gasteiger partial charge in [-0.2, -0.15) is 0 Å². The predicted octanol–water partition coefficient (Wildman–Crippen LogP) is 6.40. The summed E-state index contributed by atoms with van der Waals surface area (Å²) in [6.07, 6.45) is 2.25. The zero-order chi connectivity index (χ0) is 28.4. The Morgan fingerprint density at radius 2 is 1.93 bits per heavy atom. The van der Waals surface area contributed by atoms with Crippen molar-refractivity contribution in [2.45, 2.75) is 45.2 Å². The van der Waals surface area contributed by atoms with E-state index in [1.165, 1.54) is 12.3 Å². The number of carbonyl (C=O) groups excluding carboxylic acids is 2. The molecule has 7 nitrogen and oxygen atoms in total. The first-order chi connectivity index (χ1) is 19.1. The molecule has 1 aliphatic rings. The number of nitrogens with zero attached hydrogens (tertiary/aromatic N) is 2. The molecule has 2 N–H and O–H groups in total. The van der Waals surface area contributed by atoms with Gasteiger partial charge in [0.05, 0.1) is 23.9 Å². The highest BCUT2D eigenvalue weighted by Gasteiger charge is 2.26. The Hall–Kier alpha value is -3.82. The molecule has 0 saturated carbocycles. The Balaban J connectivity index is 1.43. The van der Waals surface area contributed by atoms with Crippen LogP contribution in [0.2, 0.25) is 5.02 Å². The number of alkyl halides is 2. The van der Waals surface area contributed by atoms with Gasteiger partial charge in [-0.15, -0.1) is 0 Å². The number of anilines is 1. The first-order valence-corrected chi connectivity index (χ1v) is 13.3. The van der Waals surface area contributed by atoms with Gasteiger partial charge in [-0.05, 0) is 73.9 Å². The van der Waals surface area contributed by atoms with Crippen molar-refractivity contribution in [2.24, 2.45) is 0 Å². The molecule has 10 heteroatoms. The fourth-order valence-corrected chi connectivity index (χ4v) is 4.93. The molecule has 0 aliphatic carbocycles. The fourth-order valence-electron chi connectivity index (χ4n) is 4.80. The highest BCUT2D eigenvalue weighted by Crippen LogP contribution is 2.36. The van der Waals surface area contributed by atoms with Crippen LogP contribution in [-0.4, -0.2) is 40.2 Å². The van der Waals surface area contributed by atoms with E-state index < -0.39 is 24.2 Å². The van der Waals surface area contributed by atoms with E-state index in [1.807, 2.05) is 36.4 Å². The van der Waals surface area contributed by atoms with E-state index in [1.54, 1.807) is 6.07 Å². The minimum Gasteiger partial charge on any atom is -0.379 e. The summed E-state index contributed by atoms with van der Waals surface area (Å²) in [6, 6.07) is 17.0. The van der Waals surface area contributed by atoms with Crippen LogP contribution in [0.15, 0.2) is 60.8 Å². The van der Waals surface area contributed by atoms with Gasteiger partial charge in [0.15, 0.2) is 5.67 Å². The Morgan fingerprint density at radius 1 is 1.15 bits per heavy atom. The van der Waals surface area contributed by atoms with Crippen molar-refractivity contribution in [3.05, 3.63) is 82.6 Å². The molecule has 0 spiro atoms. The molecular formula is C30H29ClF2N4O3. The van der Waals surface area contributed by atoms with Crippen molar-refractivity contribution in [2.75, 3.05) is 18.5 Å². The van der Waals surface area contributed by atoms with Gasteiger partial charge >= 0.3 is 0 Å². The highest BCUT2D eigenvalue weighted by atomic mass is 35.5. The first kappa shape index (κ1) is 27.7. The third kappa shape index (κ3) is 5.85. The Kier molecular flexibility index (Phi) is 7.87. The summed E-state index contributed by atoms with van der Waals surface area (Å²) in [4.78, 5) is 29.1. The third-order valence-electron chi connectivity index (χ3n) is 6.90. The van der Waals surface area contributed by atoms with Crippen molar-refractivity contribution < 1.29 is 23.1 Å². The zero-order valence-corrected chi connectivity index (χ0v) is 22.9. The second kappa shape index (κ2) is 11.3. The molecular weight excluding hydrogens is 538 g/mol. The second-order valence-electron chi connectivity index (χ2n) is 10.3. The zero-order valence-electron chi connectivity index (χ0n) is 22.1. The molecule has 1 saturated heterocycles. The topological polar surface area (TPSA) is 85.3 Å². The van der Waals surface area contributed by atoms with E-state index in [2.05, 4.69) is 26.3 Å². The van der Waals surface area contributed by atoms with Crippen molar-refractivity contribution in [3.63, 3.8) is 0 Å². The Labute approximate surface area is 235 Å². The van der Waals surface area contributed by atoms with Gasteiger partial charge in [0.2, 0.25) is 0 Å². The summed E-state index contributed by atoms with van der Waals surface area (Å²) in [6.45, 7) is 2.61. The minimum atomic E-state index is -2.05. The second-order valence-corrected chi connectivity index (χ2v) is 10.7. The third-order valence-corrected chi connectivity index (χ3v) is 7.15. The van der Waals surface area contributed by atoms with Crippen molar-refractivity contribution in [3.8, 4) is 11.3 Å². The number of hydrogen-bond acceptors (Lipinski definition) is 4. The molecule has 2 aromatic carbocycles. The number of hydrogen-bond donors (Lipinski definition) is 2. The number of ether oxygens (including phenoxy) is 1. The van der Waals surface area contributed by atoms with E-state index >= 15 is 0 Å². The molecule has 0 bridgehead atoms. The lowest BCUT2D eigenvalue weighted by Gasteiger charge is -2.17. The van der Waals surface area contributed by atoms with Crippen LogP contribution in [0.25, 0.3) is 22.2 Å². The van der Waals surface area contributed by atoms with Crippen LogP contribution in [0, 0.1) is 0 Å². The molecule has 5 rings (SSSR count). The van der Waals surface area contributed by atoms with Gasteiger partial charge in [-0.25, -0.2) is 8.78 Å². The van der Waals surface area contributed by atoms with Gasteiger partial charge < -0.3 is 19.9 Å². The number of pyridine rings is 1. The summed E-state index contributed by atoms with van der Waals surface area (Å²) in [5, 5.41) is 6.88. The van der Waals surface area contributed by atoms with Gasteiger partial charge in [0.25, 0.3) is 11.8 Å². The summed E-state index contributed by atoms with van der Waals surface area (Å²) < 4.78 is 35.5.